The number of fused-ring (bicyclic) bond motifs is 1. The predicted molar refractivity (Wildman–Crippen MR) is 95.0 cm³/mol. The van der Waals surface area contributed by atoms with E-state index in [0.717, 1.165) is 23.4 Å². The molecule has 25 heavy (non-hydrogen) atoms. The number of benzene rings is 1. The summed E-state index contributed by atoms with van der Waals surface area (Å²) in [6.45, 7) is 3.76. The first-order valence-corrected chi connectivity index (χ1v) is 9.21. The third-order valence-electron chi connectivity index (χ3n) is 4.05. The molecule has 1 atom stereocenters. The Labute approximate surface area is 149 Å². The molecule has 8 heteroatoms. The molecule has 2 aromatic rings. The highest BCUT2D eigenvalue weighted by atomic mass is 32.2. The highest BCUT2D eigenvalue weighted by molar-refractivity contribution is 7.98. The molecule has 2 heterocycles. The average Bonchev–Trinajstić information content (AvgIpc) is 3.18. The van der Waals surface area contributed by atoms with E-state index in [9.17, 15) is 14.0 Å². The van der Waals surface area contributed by atoms with E-state index in [1.54, 1.807) is 28.6 Å². The summed E-state index contributed by atoms with van der Waals surface area (Å²) in [5.41, 5.74) is 2.39. The number of rotatable bonds is 4. The van der Waals surface area contributed by atoms with Crippen LogP contribution in [0.3, 0.4) is 0 Å². The number of carbonyl (C=O) groups excluding carboxylic acids is 2. The van der Waals surface area contributed by atoms with E-state index in [0.29, 0.717) is 17.3 Å². The van der Waals surface area contributed by atoms with Gasteiger partial charge in [-0.25, -0.2) is 9.07 Å². The van der Waals surface area contributed by atoms with Crippen molar-refractivity contribution in [1.82, 2.24) is 15.1 Å². The fourth-order valence-electron chi connectivity index (χ4n) is 2.47. The summed E-state index contributed by atoms with van der Waals surface area (Å²) in [6.07, 6.45) is 0.735. The van der Waals surface area contributed by atoms with Crippen LogP contribution in [0, 0.1) is 5.82 Å². The second-order valence-electron chi connectivity index (χ2n) is 5.89. The van der Waals surface area contributed by atoms with Crippen molar-refractivity contribution in [2.45, 2.75) is 37.8 Å². The summed E-state index contributed by atoms with van der Waals surface area (Å²) in [7, 11) is 0. The van der Waals surface area contributed by atoms with Crippen LogP contribution in [0.25, 0.3) is 5.69 Å². The third kappa shape index (κ3) is 3.68. The maximum absolute atomic E-state index is 13.2. The van der Waals surface area contributed by atoms with Crippen molar-refractivity contribution in [2.75, 3.05) is 5.32 Å². The Morgan fingerprint density at radius 1 is 1.28 bits per heavy atom. The third-order valence-corrected chi connectivity index (χ3v) is 5.02. The highest BCUT2D eigenvalue weighted by Gasteiger charge is 2.26. The summed E-state index contributed by atoms with van der Waals surface area (Å²) < 4.78 is 14.7. The zero-order valence-electron chi connectivity index (χ0n) is 14.0. The van der Waals surface area contributed by atoms with Crippen molar-refractivity contribution in [1.29, 1.82) is 0 Å². The fraction of sp³-hybridized carbons (Fsp3) is 0.353. The van der Waals surface area contributed by atoms with Gasteiger partial charge in [0.2, 0.25) is 0 Å². The molecule has 0 aliphatic carbocycles. The number of hydrogen-bond donors (Lipinski definition) is 2. The van der Waals surface area contributed by atoms with Gasteiger partial charge in [-0.1, -0.05) is 6.92 Å². The quantitative estimate of drug-likeness (QED) is 0.820. The lowest BCUT2D eigenvalue weighted by molar-refractivity contribution is -0.136. The van der Waals surface area contributed by atoms with Gasteiger partial charge in [-0.2, -0.15) is 16.9 Å². The number of thioether (sulfide) groups is 1. The molecule has 1 aliphatic heterocycles. The van der Waals surface area contributed by atoms with Gasteiger partial charge in [-0.05, 0) is 37.6 Å². The van der Waals surface area contributed by atoms with Gasteiger partial charge < -0.3 is 10.6 Å². The maximum Gasteiger partial charge on any atom is 0.314 e. The molecule has 0 fully saturated rings. The average molecular weight is 362 g/mol. The van der Waals surface area contributed by atoms with Crippen LogP contribution in [-0.4, -0.2) is 27.6 Å². The molecule has 3 rings (SSSR count). The van der Waals surface area contributed by atoms with Crippen LogP contribution in [0.2, 0.25) is 0 Å². The Balaban J connectivity index is 1.89. The number of amides is 2. The minimum atomic E-state index is -0.733. The molecule has 0 spiro atoms. The fourth-order valence-corrected chi connectivity index (χ4v) is 3.50. The Morgan fingerprint density at radius 3 is 2.68 bits per heavy atom. The number of aromatic nitrogens is 2. The monoisotopic (exact) mass is 362 g/mol. The number of halogens is 1. The predicted octanol–water partition coefficient (Wildman–Crippen LogP) is 2.61. The van der Waals surface area contributed by atoms with E-state index >= 15 is 0 Å². The van der Waals surface area contributed by atoms with Gasteiger partial charge in [0.05, 0.1) is 11.4 Å². The van der Waals surface area contributed by atoms with Gasteiger partial charge in [0.25, 0.3) is 0 Å². The molecule has 0 radical (unpaired) electrons. The number of anilines is 1. The molecule has 1 aliphatic rings. The van der Waals surface area contributed by atoms with Crippen molar-refractivity contribution < 1.29 is 14.0 Å². The summed E-state index contributed by atoms with van der Waals surface area (Å²) in [4.78, 5) is 24.3. The lowest BCUT2D eigenvalue weighted by atomic mass is 10.2. The minimum absolute atomic E-state index is 0.0819. The zero-order chi connectivity index (χ0) is 18.0. The van der Waals surface area contributed by atoms with Gasteiger partial charge in [0.1, 0.15) is 11.6 Å². The molecule has 1 aromatic carbocycles. The second-order valence-corrected chi connectivity index (χ2v) is 6.88. The van der Waals surface area contributed by atoms with E-state index in [1.165, 1.54) is 12.1 Å². The van der Waals surface area contributed by atoms with Gasteiger partial charge in [-0.3, -0.25) is 9.59 Å². The Bertz CT molecular complexity index is 804. The van der Waals surface area contributed by atoms with E-state index in [1.807, 2.05) is 13.8 Å². The summed E-state index contributed by atoms with van der Waals surface area (Å²) in [5.74, 6) is 0.155. The molecule has 0 saturated heterocycles. The lowest BCUT2D eigenvalue weighted by Gasteiger charge is -2.13. The van der Waals surface area contributed by atoms with Crippen molar-refractivity contribution in [2.24, 2.45) is 0 Å². The standard InChI is InChI=1S/C17H19FN4O2S/c1-3-10(2)19-16(23)17(24)20-15-13-8-25-9-14(13)21-22(15)12-6-4-11(18)5-7-12/h4-7,10H,3,8-9H2,1-2H3,(H,19,23)(H,20,24)/t10-/m1/s1. The Morgan fingerprint density at radius 2 is 2.00 bits per heavy atom. The molecule has 6 nitrogen and oxygen atoms in total. The Kier molecular flexibility index (Phi) is 5.08. The lowest BCUT2D eigenvalue weighted by Crippen LogP contribution is -2.40. The summed E-state index contributed by atoms with van der Waals surface area (Å²) >= 11 is 1.69. The van der Waals surface area contributed by atoms with Crippen LogP contribution in [0.5, 0.6) is 0 Å². The van der Waals surface area contributed by atoms with Crippen LogP contribution in [0.15, 0.2) is 24.3 Å². The smallest absolute Gasteiger partial charge is 0.314 e. The molecular weight excluding hydrogens is 343 g/mol. The normalized spacial score (nSPS) is 14.0. The van der Waals surface area contributed by atoms with Crippen LogP contribution < -0.4 is 10.6 Å². The van der Waals surface area contributed by atoms with Crippen molar-refractivity contribution >= 4 is 29.4 Å². The van der Waals surface area contributed by atoms with Gasteiger partial charge in [-0.15, -0.1) is 0 Å². The van der Waals surface area contributed by atoms with Crippen molar-refractivity contribution in [3.05, 3.63) is 41.3 Å². The van der Waals surface area contributed by atoms with E-state index in [-0.39, 0.29) is 11.9 Å². The van der Waals surface area contributed by atoms with Crippen LogP contribution >= 0.6 is 11.8 Å². The van der Waals surface area contributed by atoms with Crippen LogP contribution in [0.1, 0.15) is 31.5 Å². The zero-order valence-corrected chi connectivity index (χ0v) is 14.8. The minimum Gasteiger partial charge on any atom is -0.345 e. The van der Waals surface area contributed by atoms with Gasteiger partial charge >= 0.3 is 11.8 Å². The molecule has 132 valence electrons. The molecule has 0 saturated carbocycles. The number of carbonyl (C=O) groups is 2. The number of nitrogens with zero attached hydrogens (tertiary/aromatic N) is 2. The first kappa shape index (κ1) is 17.5. The summed E-state index contributed by atoms with van der Waals surface area (Å²) in [5, 5.41) is 9.82. The van der Waals surface area contributed by atoms with Crippen LogP contribution in [0.4, 0.5) is 10.2 Å². The van der Waals surface area contributed by atoms with Gasteiger partial charge in [0.15, 0.2) is 0 Å². The number of nitrogens with one attached hydrogen (secondary N) is 2. The molecule has 0 unspecified atom stereocenters. The number of hydrogen-bond acceptors (Lipinski definition) is 4. The maximum atomic E-state index is 13.2. The molecule has 2 N–H and O–H groups in total. The Hall–Kier alpha value is -2.35. The molecular formula is C17H19FN4O2S. The molecule has 2 amide bonds. The van der Waals surface area contributed by atoms with Crippen molar-refractivity contribution in [3.8, 4) is 5.69 Å². The second kappa shape index (κ2) is 7.26. The molecule has 0 bridgehead atoms. The largest absolute Gasteiger partial charge is 0.345 e. The molecule has 1 aromatic heterocycles. The first-order chi connectivity index (χ1) is 12.0. The van der Waals surface area contributed by atoms with E-state index in [2.05, 4.69) is 15.7 Å². The van der Waals surface area contributed by atoms with Gasteiger partial charge in [0, 0.05) is 23.1 Å². The topological polar surface area (TPSA) is 76.0 Å². The first-order valence-electron chi connectivity index (χ1n) is 8.06. The van der Waals surface area contributed by atoms with E-state index in [4.69, 9.17) is 0 Å². The summed E-state index contributed by atoms with van der Waals surface area (Å²) in [6, 6.07) is 5.75. The highest BCUT2D eigenvalue weighted by Crippen LogP contribution is 2.36. The SMILES string of the molecule is CC[C@@H](C)NC(=O)C(=O)Nc1c2c(nn1-c1ccc(F)cc1)CSC2. The van der Waals surface area contributed by atoms with Crippen molar-refractivity contribution in [3.63, 3.8) is 0 Å². The van der Waals surface area contributed by atoms with Crippen LogP contribution in [-0.2, 0) is 21.1 Å². The van der Waals surface area contributed by atoms with E-state index < -0.39 is 11.8 Å².